The predicted octanol–water partition coefficient (Wildman–Crippen LogP) is 2.52. The first kappa shape index (κ1) is 20.9. The molecule has 2 rings (SSSR count). The van der Waals surface area contributed by atoms with Gasteiger partial charge in [0.05, 0.1) is 12.4 Å². The topological polar surface area (TPSA) is 84.5 Å². The van der Waals surface area contributed by atoms with Gasteiger partial charge in [0.2, 0.25) is 15.9 Å². The number of aryl methyl sites for hydroxylation is 1. The minimum Gasteiger partial charge on any atom is -0.494 e. The average Bonchev–Trinajstić information content (AvgIpc) is 2.66. The third kappa shape index (κ3) is 7.40. The number of hydrogen-bond acceptors (Lipinski definition) is 4. The van der Waals surface area contributed by atoms with Crippen molar-refractivity contribution >= 4 is 15.9 Å². The van der Waals surface area contributed by atoms with Crippen LogP contribution in [0.1, 0.15) is 29.5 Å². The normalized spacial score (nSPS) is 11.2. The minimum absolute atomic E-state index is 0.0891. The van der Waals surface area contributed by atoms with Gasteiger partial charge in [0.15, 0.2) is 0 Å². The van der Waals surface area contributed by atoms with Gasteiger partial charge in [0.1, 0.15) is 5.75 Å². The molecule has 0 spiro atoms. The van der Waals surface area contributed by atoms with Gasteiger partial charge in [-0.25, -0.2) is 13.1 Å². The van der Waals surface area contributed by atoms with Crippen LogP contribution in [0.3, 0.4) is 0 Å². The van der Waals surface area contributed by atoms with Crippen molar-refractivity contribution in [1.29, 1.82) is 0 Å². The van der Waals surface area contributed by atoms with E-state index in [1.165, 1.54) is 12.6 Å². The molecule has 0 fully saturated rings. The van der Waals surface area contributed by atoms with E-state index in [1.807, 2.05) is 43.3 Å². The van der Waals surface area contributed by atoms with E-state index in [0.29, 0.717) is 31.6 Å². The van der Waals surface area contributed by atoms with Crippen molar-refractivity contribution in [2.24, 2.45) is 0 Å². The van der Waals surface area contributed by atoms with E-state index in [1.54, 1.807) is 12.1 Å². The van der Waals surface area contributed by atoms with Gasteiger partial charge in [-0.05, 0) is 43.7 Å². The van der Waals surface area contributed by atoms with Crippen molar-refractivity contribution in [3.8, 4) is 5.75 Å². The molecule has 0 aromatic heterocycles. The summed E-state index contributed by atoms with van der Waals surface area (Å²) in [5, 5.41) is 2.84. The zero-order valence-electron chi connectivity index (χ0n) is 15.7. The van der Waals surface area contributed by atoms with Crippen LogP contribution in [0.25, 0.3) is 0 Å². The number of sulfonamides is 1. The number of rotatable bonds is 10. The van der Waals surface area contributed by atoms with Crippen molar-refractivity contribution < 1.29 is 17.9 Å². The molecule has 1 amide bonds. The molecule has 0 aliphatic carbocycles. The molecule has 7 heteroatoms. The summed E-state index contributed by atoms with van der Waals surface area (Å²) in [5.74, 6) is 0.592. The van der Waals surface area contributed by atoms with Gasteiger partial charge in [-0.2, -0.15) is 0 Å². The maximum Gasteiger partial charge on any atom is 0.220 e. The molecule has 2 aromatic carbocycles. The SMILES string of the molecule is CNS(=O)(=O)Cc1ccccc1CNC(=O)CCCOc1ccc(C)cc1. The van der Waals surface area contributed by atoms with Crippen molar-refractivity contribution in [3.63, 3.8) is 0 Å². The van der Waals surface area contributed by atoms with Crippen LogP contribution in [0.5, 0.6) is 5.75 Å². The molecular weight excluding hydrogens is 364 g/mol. The van der Waals surface area contributed by atoms with Gasteiger partial charge in [0.25, 0.3) is 0 Å². The van der Waals surface area contributed by atoms with Crippen LogP contribution in [0.15, 0.2) is 48.5 Å². The molecule has 0 aliphatic rings. The summed E-state index contributed by atoms with van der Waals surface area (Å²) < 4.78 is 31.4. The summed E-state index contributed by atoms with van der Waals surface area (Å²) in [7, 11) is -1.97. The van der Waals surface area contributed by atoms with Crippen LogP contribution in [0, 0.1) is 6.92 Å². The van der Waals surface area contributed by atoms with Gasteiger partial charge in [-0.1, -0.05) is 42.0 Å². The van der Waals surface area contributed by atoms with Crippen molar-refractivity contribution in [2.75, 3.05) is 13.7 Å². The number of benzene rings is 2. The van der Waals surface area contributed by atoms with E-state index in [-0.39, 0.29) is 11.7 Å². The van der Waals surface area contributed by atoms with Crippen LogP contribution >= 0.6 is 0 Å². The largest absolute Gasteiger partial charge is 0.494 e. The molecule has 146 valence electrons. The third-order valence-corrected chi connectivity index (χ3v) is 5.40. The summed E-state index contributed by atoms with van der Waals surface area (Å²) in [6, 6.07) is 15.0. The van der Waals surface area contributed by atoms with Crippen molar-refractivity contribution in [2.45, 2.75) is 32.1 Å². The number of amides is 1. The molecular formula is C20H26N2O4S. The Labute approximate surface area is 161 Å². The number of ether oxygens (including phenoxy) is 1. The summed E-state index contributed by atoms with van der Waals surface area (Å²) in [6.45, 7) is 2.78. The Hall–Kier alpha value is -2.38. The van der Waals surface area contributed by atoms with Crippen LogP contribution in [-0.2, 0) is 27.1 Å². The fourth-order valence-corrected chi connectivity index (χ4v) is 3.32. The Morgan fingerprint density at radius 1 is 1.04 bits per heavy atom. The second-order valence-corrected chi connectivity index (χ2v) is 8.20. The summed E-state index contributed by atoms with van der Waals surface area (Å²) in [4.78, 5) is 12.0. The summed E-state index contributed by atoms with van der Waals surface area (Å²) in [6.07, 6.45) is 0.957. The Morgan fingerprint density at radius 3 is 2.37 bits per heavy atom. The molecule has 0 atom stereocenters. The van der Waals surface area contributed by atoms with E-state index in [2.05, 4.69) is 10.0 Å². The van der Waals surface area contributed by atoms with E-state index >= 15 is 0 Å². The molecule has 2 aromatic rings. The van der Waals surface area contributed by atoms with Crippen molar-refractivity contribution in [1.82, 2.24) is 10.0 Å². The van der Waals surface area contributed by atoms with E-state index < -0.39 is 10.0 Å². The number of nitrogens with one attached hydrogen (secondary N) is 2. The lowest BCUT2D eigenvalue weighted by molar-refractivity contribution is -0.121. The van der Waals surface area contributed by atoms with Gasteiger partial charge >= 0.3 is 0 Å². The minimum atomic E-state index is -3.36. The lowest BCUT2D eigenvalue weighted by Gasteiger charge is -2.11. The van der Waals surface area contributed by atoms with Gasteiger partial charge in [-0.3, -0.25) is 4.79 Å². The second-order valence-electron chi connectivity index (χ2n) is 6.27. The summed E-state index contributed by atoms with van der Waals surface area (Å²) in [5.41, 5.74) is 2.64. The Balaban J connectivity index is 1.76. The van der Waals surface area contributed by atoms with Crippen LogP contribution in [-0.4, -0.2) is 28.0 Å². The van der Waals surface area contributed by atoms with Gasteiger partial charge in [-0.15, -0.1) is 0 Å². The zero-order valence-corrected chi connectivity index (χ0v) is 16.5. The standard InChI is InChI=1S/C20H26N2O4S/c1-16-9-11-19(12-10-16)26-13-5-8-20(23)22-14-17-6-3-4-7-18(17)15-27(24,25)21-2/h3-4,6-7,9-12,21H,5,8,13-15H2,1-2H3,(H,22,23). The zero-order chi connectivity index (χ0) is 19.7. The number of carbonyl (C=O) groups is 1. The highest BCUT2D eigenvalue weighted by Crippen LogP contribution is 2.13. The van der Waals surface area contributed by atoms with Crippen LogP contribution in [0.4, 0.5) is 0 Å². The highest BCUT2D eigenvalue weighted by atomic mass is 32.2. The Kier molecular flexibility index (Phi) is 7.82. The number of hydrogen-bond donors (Lipinski definition) is 2. The molecule has 2 N–H and O–H groups in total. The Morgan fingerprint density at radius 2 is 1.70 bits per heavy atom. The van der Waals surface area contributed by atoms with Gasteiger partial charge in [0, 0.05) is 13.0 Å². The van der Waals surface area contributed by atoms with Gasteiger partial charge < -0.3 is 10.1 Å². The monoisotopic (exact) mass is 390 g/mol. The molecule has 0 heterocycles. The Bertz CT molecular complexity index is 849. The molecule has 0 unspecified atom stereocenters. The molecule has 0 saturated carbocycles. The van der Waals surface area contributed by atoms with Crippen molar-refractivity contribution in [3.05, 3.63) is 65.2 Å². The molecule has 0 radical (unpaired) electrons. The van der Waals surface area contributed by atoms with E-state index in [0.717, 1.165) is 11.3 Å². The van der Waals surface area contributed by atoms with Crippen LogP contribution in [0.2, 0.25) is 0 Å². The maximum absolute atomic E-state index is 12.0. The fourth-order valence-electron chi connectivity index (χ4n) is 2.49. The molecule has 27 heavy (non-hydrogen) atoms. The maximum atomic E-state index is 12.0. The lowest BCUT2D eigenvalue weighted by atomic mass is 10.1. The fraction of sp³-hybridized carbons (Fsp3) is 0.350. The average molecular weight is 391 g/mol. The molecule has 6 nitrogen and oxygen atoms in total. The quantitative estimate of drug-likeness (QED) is 0.611. The van der Waals surface area contributed by atoms with Crippen LogP contribution < -0.4 is 14.8 Å². The second kappa shape index (κ2) is 10.1. The van der Waals surface area contributed by atoms with E-state index in [9.17, 15) is 13.2 Å². The highest BCUT2D eigenvalue weighted by Gasteiger charge is 2.12. The molecule has 0 bridgehead atoms. The summed E-state index contributed by atoms with van der Waals surface area (Å²) >= 11 is 0. The molecule has 0 aliphatic heterocycles. The predicted molar refractivity (Wildman–Crippen MR) is 106 cm³/mol. The van der Waals surface area contributed by atoms with E-state index in [4.69, 9.17) is 4.74 Å². The lowest BCUT2D eigenvalue weighted by Crippen LogP contribution is -2.25. The number of carbonyl (C=O) groups excluding carboxylic acids is 1. The highest BCUT2D eigenvalue weighted by molar-refractivity contribution is 7.88. The molecule has 0 saturated heterocycles. The smallest absolute Gasteiger partial charge is 0.220 e. The first-order valence-corrected chi connectivity index (χ1v) is 10.5. The first-order chi connectivity index (χ1) is 12.9. The third-order valence-electron chi connectivity index (χ3n) is 4.09. The first-order valence-electron chi connectivity index (χ1n) is 8.84.